The lowest BCUT2D eigenvalue weighted by molar-refractivity contribution is 0.478. The van der Waals surface area contributed by atoms with Gasteiger partial charge in [-0.2, -0.15) is 0 Å². The molecule has 1 aromatic rings. The Morgan fingerprint density at radius 1 is 1.24 bits per heavy atom. The standard InChI is InChI=1S/C14H19Cl2NO3S/c1-2-3-4-5-6-7-8-21(19,20)17-13-10-11(15)9-12(16)14(13)18/h7-10,17-18H,2-6H2,1H3/b8-7-. The Kier molecular flexibility index (Phi) is 7.35. The van der Waals surface area contributed by atoms with Crippen LogP contribution >= 0.6 is 23.2 Å². The molecule has 0 aliphatic heterocycles. The molecule has 0 heterocycles. The molecule has 0 amide bonds. The number of aromatic hydroxyl groups is 1. The van der Waals surface area contributed by atoms with Crippen LogP contribution in [0.1, 0.15) is 39.0 Å². The zero-order valence-electron chi connectivity index (χ0n) is 11.8. The smallest absolute Gasteiger partial charge is 0.254 e. The first kappa shape index (κ1) is 18.1. The normalized spacial score (nSPS) is 12.0. The van der Waals surface area contributed by atoms with Gasteiger partial charge in [-0.05, 0) is 25.0 Å². The maximum absolute atomic E-state index is 11.9. The van der Waals surface area contributed by atoms with Gasteiger partial charge in [0.1, 0.15) is 0 Å². The monoisotopic (exact) mass is 351 g/mol. The Hall–Kier alpha value is -0.910. The lowest BCUT2D eigenvalue weighted by Crippen LogP contribution is -2.09. The number of nitrogens with one attached hydrogen (secondary N) is 1. The van der Waals surface area contributed by atoms with E-state index in [1.54, 1.807) is 6.08 Å². The van der Waals surface area contributed by atoms with Gasteiger partial charge in [0.15, 0.2) is 5.75 Å². The predicted octanol–water partition coefficient (Wildman–Crippen LogP) is 4.92. The molecule has 0 bridgehead atoms. The fraction of sp³-hybridized carbons (Fsp3) is 0.429. The van der Waals surface area contributed by atoms with Gasteiger partial charge in [0, 0.05) is 10.4 Å². The van der Waals surface area contributed by atoms with Crippen LogP contribution in [0.25, 0.3) is 0 Å². The summed E-state index contributed by atoms with van der Waals surface area (Å²) in [6, 6.07) is 2.63. The van der Waals surface area contributed by atoms with Crippen LogP contribution in [-0.4, -0.2) is 13.5 Å². The number of halogens is 2. The second kappa shape index (κ2) is 8.51. The molecule has 0 saturated carbocycles. The Balaban J connectivity index is 2.66. The van der Waals surface area contributed by atoms with E-state index >= 15 is 0 Å². The Bertz CT molecular complexity index is 600. The van der Waals surface area contributed by atoms with Crippen LogP contribution in [0.4, 0.5) is 5.69 Å². The van der Waals surface area contributed by atoms with E-state index in [2.05, 4.69) is 11.6 Å². The van der Waals surface area contributed by atoms with Crippen molar-refractivity contribution < 1.29 is 13.5 Å². The van der Waals surface area contributed by atoms with Crippen LogP contribution < -0.4 is 4.72 Å². The molecule has 118 valence electrons. The van der Waals surface area contributed by atoms with Crippen molar-refractivity contribution in [2.24, 2.45) is 0 Å². The summed E-state index contributed by atoms with van der Waals surface area (Å²) in [6.07, 6.45) is 6.61. The van der Waals surface area contributed by atoms with Gasteiger partial charge in [-0.15, -0.1) is 0 Å². The molecule has 0 aromatic heterocycles. The van der Waals surface area contributed by atoms with Gasteiger partial charge >= 0.3 is 0 Å². The molecule has 0 unspecified atom stereocenters. The van der Waals surface area contributed by atoms with Crippen molar-refractivity contribution in [1.29, 1.82) is 0 Å². The first-order valence-corrected chi connectivity index (χ1v) is 9.03. The summed E-state index contributed by atoms with van der Waals surface area (Å²) in [6.45, 7) is 2.12. The van der Waals surface area contributed by atoms with E-state index in [0.717, 1.165) is 31.1 Å². The maximum atomic E-state index is 11.9. The first-order valence-electron chi connectivity index (χ1n) is 6.73. The van der Waals surface area contributed by atoms with Crippen molar-refractivity contribution in [3.63, 3.8) is 0 Å². The number of hydrogen-bond acceptors (Lipinski definition) is 3. The van der Waals surface area contributed by atoms with Crippen LogP contribution in [0, 0.1) is 0 Å². The van der Waals surface area contributed by atoms with E-state index in [1.165, 1.54) is 12.1 Å². The van der Waals surface area contributed by atoms with Crippen molar-refractivity contribution in [3.8, 4) is 5.75 Å². The van der Waals surface area contributed by atoms with E-state index in [1.807, 2.05) is 0 Å². The van der Waals surface area contributed by atoms with Crippen LogP contribution in [0.3, 0.4) is 0 Å². The third-order valence-corrected chi connectivity index (χ3v) is 4.34. The zero-order valence-corrected chi connectivity index (χ0v) is 14.1. The van der Waals surface area contributed by atoms with Gasteiger partial charge in [-0.3, -0.25) is 4.72 Å². The number of allylic oxidation sites excluding steroid dienone is 1. The van der Waals surface area contributed by atoms with Crippen molar-refractivity contribution in [3.05, 3.63) is 33.7 Å². The van der Waals surface area contributed by atoms with Gasteiger partial charge in [0.25, 0.3) is 10.0 Å². The quantitative estimate of drug-likeness (QED) is 0.515. The van der Waals surface area contributed by atoms with Gasteiger partial charge in [0.05, 0.1) is 10.7 Å². The topological polar surface area (TPSA) is 66.4 Å². The second-order valence-electron chi connectivity index (χ2n) is 4.65. The van der Waals surface area contributed by atoms with E-state index < -0.39 is 10.0 Å². The Morgan fingerprint density at radius 3 is 2.62 bits per heavy atom. The SMILES string of the molecule is CCCCCC/C=C\S(=O)(=O)Nc1cc(Cl)cc(Cl)c1O. The van der Waals surface area contributed by atoms with Crippen LogP contribution in [-0.2, 0) is 10.0 Å². The van der Waals surface area contributed by atoms with E-state index in [4.69, 9.17) is 23.2 Å². The van der Waals surface area contributed by atoms with Gasteiger partial charge in [0.2, 0.25) is 0 Å². The fourth-order valence-electron chi connectivity index (χ4n) is 1.71. The van der Waals surface area contributed by atoms with Gasteiger partial charge in [-0.25, -0.2) is 8.42 Å². The molecule has 21 heavy (non-hydrogen) atoms. The third-order valence-electron chi connectivity index (χ3n) is 2.78. The van der Waals surface area contributed by atoms with E-state index in [-0.39, 0.29) is 21.5 Å². The zero-order chi connectivity index (χ0) is 15.9. The molecule has 7 heteroatoms. The number of hydrogen-bond donors (Lipinski definition) is 2. The Morgan fingerprint density at radius 2 is 1.95 bits per heavy atom. The number of phenolic OH excluding ortho intramolecular Hbond substituents is 1. The van der Waals surface area contributed by atoms with Crippen LogP contribution in [0.2, 0.25) is 10.0 Å². The lowest BCUT2D eigenvalue weighted by atomic mass is 10.2. The molecule has 0 aliphatic carbocycles. The summed E-state index contributed by atoms with van der Waals surface area (Å²) in [7, 11) is -3.69. The number of rotatable bonds is 8. The average Bonchev–Trinajstić information content (AvgIpc) is 2.39. The van der Waals surface area contributed by atoms with Crippen molar-refractivity contribution in [2.75, 3.05) is 4.72 Å². The summed E-state index contributed by atoms with van der Waals surface area (Å²) in [5.41, 5.74) is -0.0388. The molecule has 4 nitrogen and oxygen atoms in total. The molecule has 2 N–H and O–H groups in total. The Labute approximate surface area is 135 Å². The fourth-order valence-corrected chi connectivity index (χ4v) is 3.13. The highest BCUT2D eigenvalue weighted by Gasteiger charge is 2.13. The first-order chi connectivity index (χ1) is 9.85. The highest BCUT2D eigenvalue weighted by molar-refractivity contribution is 7.95. The minimum absolute atomic E-state index is 0.0104. The predicted molar refractivity (Wildman–Crippen MR) is 88.6 cm³/mol. The molecular formula is C14H19Cl2NO3S. The lowest BCUT2D eigenvalue weighted by Gasteiger charge is -2.08. The second-order valence-corrected chi connectivity index (χ2v) is 7.06. The number of phenols is 1. The van der Waals surface area contributed by atoms with Crippen molar-refractivity contribution in [1.82, 2.24) is 0 Å². The number of benzene rings is 1. The molecule has 0 saturated heterocycles. The highest BCUT2D eigenvalue weighted by atomic mass is 35.5. The molecule has 0 aliphatic rings. The van der Waals surface area contributed by atoms with E-state index in [9.17, 15) is 13.5 Å². The third kappa shape index (κ3) is 6.59. The summed E-state index contributed by atoms with van der Waals surface area (Å²) in [5.74, 6) is -0.346. The van der Waals surface area contributed by atoms with Gasteiger partial charge in [-0.1, -0.05) is 55.5 Å². The van der Waals surface area contributed by atoms with Crippen LogP contribution in [0.15, 0.2) is 23.6 Å². The minimum atomic E-state index is -3.69. The summed E-state index contributed by atoms with van der Waals surface area (Å²) >= 11 is 11.5. The number of sulfonamides is 1. The highest BCUT2D eigenvalue weighted by Crippen LogP contribution is 2.35. The summed E-state index contributed by atoms with van der Waals surface area (Å²) in [4.78, 5) is 0. The van der Waals surface area contributed by atoms with Crippen LogP contribution in [0.5, 0.6) is 5.75 Å². The van der Waals surface area contributed by atoms with Crippen molar-refractivity contribution >= 4 is 38.9 Å². The minimum Gasteiger partial charge on any atom is -0.504 e. The molecule has 0 fully saturated rings. The molecule has 0 radical (unpaired) electrons. The van der Waals surface area contributed by atoms with Gasteiger partial charge < -0.3 is 5.11 Å². The average molecular weight is 352 g/mol. The largest absolute Gasteiger partial charge is 0.504 e. The molecule has 0 spiro atoms. The molecule has 1 aromatic carbocycles. The molecule has 1 rings (SSSR count). The summed E-state index contributed by atoms with van der Waals surface area (Å²) < 4.78 is 26.0. The molecular weight excluding hydrogens is 333 g/mol. The van der Waals surface area contributed by atoms with Crippen molar-refractivity contribution in [2.45, 2.75) is 39.0 Å². The number of anilines is 1. The maximum Gasteiger partial charge on any atom is 0.254 e. The number of unbranched alkanes of at least 4 members (excludes halogenated alkanes) is 4. The van der Waals surface area contributed by atoms with E-state index in [0.29, 0.717) is 6.42 Å². The molecule has 0 atom stereocenters. The summed E-state index contributed by atoms with van der Waals surface area (Å²) in [5, 5.41) is 11.0.